The molecular weight excluding hydrogens is 422 g/mol. The molecule has 2 heterocycles. The van der Waals surface area contributed by atoms with Gasteiger partial charge in [-0.05, 0) is 50.1 Å². The summed E-state index contributed by atoms with van der Waals surface area (Å²) in [7, 11) is 0. The number of carbonyl (C=O) groups is 1. The molecule has 0 aliphatic heterocycles. The van der Waals surface area contributed by atoms with Gasteiger partial charge in [-0.1, -0.05) is 31.2 Å². The van der Waals surface area contributed by atoms with Crippen molar-refractivity contribution in [3.05, 3.63) is 88.0 Å². The number of benzene rings is 2. The number of hydrogen-bond donors (Lipinski definition) is 1. The number of fused-ring (bicyclic) bond motifs is 1. The standard InChI is InChI=1S/C25H25N3O5/c1-4-21(32-19-8-6-5-7-9-19)25(30)27-20-12-16(2)10-11-22(20)31-15-18-14-24(29)28-23(26-18)13-17(3)33-28/h5-14,21H,4,15H2,1-3H3,(H,27,30)/t21-/m1/s1. The second kappa shape index (κ2) is 9.60. The normalized spacial score (nSPS) is 11.8. The van der Waals surface area contributed by atoms with Gasteiger partial charge in [-0.2, -0.15) is 0 Å². The van der Waals surface area contributed by atoms with E-state index in [9.17, 15) is 9.59 Å². The molecule has 1 N–H and O–H groups in total. The zero-order chi connectivity index (χ0) is 23.4. The highest BCUT2D eigenvalue weighted by Crippen LogP contribution is 2.27. The summed E-state index contributed by atoms with van der Waals surface area (Å²) < 4.78 is 18.2. The third kappa shape index (κ3) is 5.23. The van der Waals surface area contributed by atoms with E-state index in [0.29, 0.717) is 40.7 Å². The van der Waals surface area contributed by atoms with Crippen molar-refractivity contribution in [3.63, 3.8) is 0 Å². The first-order valence-electron chi connectivity index (χ1n) is 10.7. The second-order valence-corrected chi connectivity index (χ2v) is 7.69. The monoisotopic (exact) mass is 447 g/mol. The van der Waals surface area contributed by atoms with Gasteiger partial charge in [0, 0.05) is 12.1 Å². The summed E-state index contributed by atoms with van der Waals surface area (Å²) in [4.78, 5) is 29.6. The van der Waals surface area contributed by atoms with Gasteiger partial charge >= 0.3 is 0 Å². The first-order chi connectivity index (χ1) is 15.9. The largest absolute Gasteiger partial charge is 0.485 e. The lowest BCUT2D eigenvalue weighted by Gasteiger charge is -2.19. The number of aryl methyl sites for hydroxylation is 2. The van der Waals surface area contributed by atoms with Crippen LogP contribution in [0.5, 0.6) is 11.5 Å². The summed E-state index contributed by atoms with van der Waals surface area (Å²) in [5.41, 5.74) is 2.03. The summed E-state index contributed by atoms with van der Waals surface area (Å²) in [5.74, 6) is 1.41. The van der Waals surface area contributed by atoms with E-state index < -0.39 is 6.10 Å². The van der Waals surface area contributed by atoms with Crippen molar-refractivity contribution in [2.24, 2.45) is 0 Å². The molecule has 4 rings (SSSR count). The van der Waals surface area contributed by atoms with Gasteiger partial charge in [0.15, 0.2) is 11.8 Å². The SMILES string of the molecule is CC[C@@H](Oc1ccccc1)C(=O)Nc1cc(C)ccc1OCc1cc(=O)n2oc(C)cc2n1. The van der Waals surface area contributed by atoms with Crippen LogP contribution in [0.15, 0.2) is 70.0 Å². The topological polar surface area (TPSA) is 95.1 Å². The Hall–Kier alpha value is -4.07. The van der Waals surface area contributed by atoms with Crippen molar-refractivity contribution in [3.8, 4) is 11.5 Å². The summed E-state index contributed by atoms with van der Waals surface area (Å²) in [6.45, 7) is 5.61. The molecule has 0 saturated heterocycles. The van der Waals surface area contributed by atoms with Crippen molar-refractivity contribution in [2.75, 3.05) is 5.32 Å². The van der Waals surface area contributed by atoms with Gasteiger partial charge in [0.25, 0.3) is 11.5 Å². The predicted octanol–water partition coefficient (Wildman–Crippen LogP) is 4.28. The average Bonchev–Trinajstić information content (AvgIpc) is 3.18. The molecule has 1 atom stereocenters. The molecule has 0 saturated carbocycles. The number of carbonyl (C=O) groups excluding carboxylic acids is 1. The quantitative estimate of drug-likeness (QED) is 0.433. The number of nitrogens with zero attached hydrogens (tertiary/aromatic N) is 2. The highest BCUT2D eigenvalue weighted by molar-refractivity contribution is 5.95. The first kappa shape index (κ1) is 22.1. The van der Waals surface area contributed by atoms with E-state index in [0.717, 1.165) is 10.1 Å². The molecule has 8 nitrogen and oxygen atoms in total. The van der Waals surface area contributed by atoms with E-state index >= 15 is 0 Å². The maximum Gasteiger partial charge on any atom is 0.287 e. The Balaban J connectivity index is 1.50. The van der Waals surface area contributed by atoms with Crippen LogP contribution in [0.1, 0.15) is 30.4 Å². The Labute approximate surface area is 190 Å². The van der Waals surface area contributed by atoms with Gasteiger partial charge in [-0.3, -0.25) is 9.59 Å². The Morgan fingerprint density at radius 3 is 2.67 bits per heavy atom. The summed E-state index contributed by atoms with van der Waals surface area (Å²) in [5, 5.41) is 2.91. The van der Waals surface area contributed by atoms with Gasteiger partial charge in [-0.15, -0.1) is 4.57 Å². The van der Waals surface area contributed by atoms with E-state index in [2.05, 4.69) is 10.3 Å². The fourth-order valence-corrected chi connectivity index (χ4v) is 3.37. The van der Waals surface area contributed by atoms with Crippen LogP contribution in [0.3, 0.4) is 0 Å². The Bertz CT molecular complexity index is 1330. The summed E-state index contributed by atoms with van der Waals surface area (Å²) in [6, 6.07) is 17.7. The Morgan fingerprint density at radius 1 is 1.12 bits per heavy atom. The minimum absolute atomic E-state index is 0.0552. The van der Waals surface area contributed by atoms with E-state index in [4.69, 9.17) is 14.0 Å². The zero-order valence-corrected chi connectivity index (χ0v) is 18.7. The molecule has 0 fully saturated rings. The van der Waals surface area contributed by atoms with Crippen LogP contribution in [0, 0.1) is 13.8 Å². The number of aromatic nitrogens is 2. The molecule has 2 aromatic heterocycles. The molecule has 0 radical (unpaired) electrons. The van der Waals surface area contributed by atoms with Crippen LogP contribution in [-0.2, 0) is 11.4 Å². The highest BCUT2D eigenvalue weighted by Gasteiger charge is 2.20. The number of para-hydroxylation sites is 1. The number of nitrogens with one attached hydrogen (secondary N) is 1. The molecule has 0 bridgehead atoms. The Morgan fingerprint density at radius 2 is 1.91 bits per heavy atom. The van der Waals surface area contributed by atoms with Crippen LogP contribution in [0.4, 0.5) is 5.69 Å². The predicted molar refractivity (Wildman–Crippen MR) is 124 cm³/mol. The third-order valence-electron chi connectivity index (χ3n) is 4.98. The molecule has 0 aliphatic rings. The second-order valence-electron chi connectivity index (χ2n) is 7.69. The fraction of sp³-hybridized carbons (Fsp3) is 0.240. The number of anilines is 1. The van der Waals surface area contributed by atoms with Crippen molar-refractivity contribution in [2.45, 2.75) is 39.9 Å². The van der Waals surface area contributed by atoms with Crippen LogP contribution in [0.2, 0.25) is 0 Å². The highest BCUT2D eigenvalue weighted by atomic mass is 16.5. The minimum Gasteiger partial charge on any atom is -0.485 e. The van der Waals surface area contributed by atoms with Gasteiger partial charge in [0.05, 0.1) is 11.4 Å². The Kier molecular flexibility index (Phi) is 6.44. The lowest BCUT2D eigenvalue weighted by Crippen LogP contribution is -2.32. The van der Waals surface area contributed by atoms with Crippen molar-refractivity contribution >= 4 is 17.2 Å². The molecule has 0 unspecified atom stereocenters. The zero-order valence-electron chi connectivity index (χ0n) is 18.7. The van der Waals surface area contributed by atoms with Crippen LogP contribution >= 0.6 is 0 Å². The number of hydrogen-bond acceptors (Lipinski definition) is 6. The average molecular weight is 447 g/mol. The van der Waals surface area contributed by atoms with Crippen LogP contribution in [-0.4, -0.2) is 21.6 Å². The smallest absolute Gasteiger partial charge is 0.287 e. The van der Waals surface area contributed by atoms with E-state index in [1.165, 1.54) is 6.07 Å². The molecule has 8 heteroatoms. The van der Waals surface area contributed by atoms with Gasteiger partial charge in [0.2, 0.25) is 0 Å². The lowest BCUT2D eigenvalue weighted by atomic mass is 10.2. The van der Waals surface area contributed by atoms with Gasteiger partial charge in [0.1, 0.15) is 23.9 Å². The molecule has 4 aromatic rings. The molecule has 0 aliphatic carbocycles. The van der Waals surface area contributed by atoms with E-state index in [-0.39, 0.29) is 18.1 Å². The van der Waals surface area contributed by atoms with Crippen LogP contribution < -0.4 is 20.3 Å². The maximum absolute atomic E-state index is 12.9. The first-order valence-corrected chi connectivity index (χ1v) is 10.7. The minimum atomic E-state index is -0.658. The summed E-state index contributed by atoms with van der Waals surface area (Å²) >= 11 is 0. The maximum atomic E-state index is 12.9. The fourth-order valence-electron chi connectivity index (χ4n) is 3.37. The van der Waals surface area contributed by atoms with Gasteiger partial charge in [-0.25, -0.2) is 4.98 Å². The molecule has 1 amide bonds. The number of ether oxygens (including phenoxy) is 2. The van der Waals surface area contributed by atoms with Crippen molar-refractivity contribution in [1.82, 2.24) is 9.56 Å². The number of rotatable bonds is 8. The molecule has 170 valence electrons. The van der Waals surface area contributed by atoms with Crippen molar-refractivity contribution in [1.29, 1.82) is 0 Å². The lowest BCUT2D eigenvalue weighted by molar-refractivity contribution is -0.122. The van der Waals surface area contributed by atoms with E-state index in [1.807, 2.05) is 56.3 Å². The molecule has 0 spiro atoms. The molecular formula is C25H25N3O5. The van der Waals surface area contributed by atoms with Crippen LogP contribution in [0.25, 0.3) is 5.65 Å². The number of amides is 1. The summed E-state index contributed by atoms with van der Waals surface area (Å²) in [6.07, 6.45) is -0.157. The van der Waals surface area contributed by atoms with Crippen molar-refractivity contribution < 1.29 is 18.8 Å². The molecule has 2 aromatic carbocycles. The van der Waals surface area contributed by atoms with E-state index in [1.54, 1.807) is 19.1 Å². The third-order valence-corrected chi connectivity index (χ3v) is 4.98. The molecule has 33 heavy (non-hydrogen) atoms. The van der Waals surface area contributed by atoms with Gasteiger partial charge < -0.3 is 19.3 Å².